The van der Waals surface area contributed by atoms with Crippen molar-refractivity contribution in [2.24, 2.45) is 5.92 Å². The molecule has 1 aliphatic rings. The van der Waals surface area contributed by atoms with Gasteiger partial charge in [-0.25, -0.2) is 0 Å². The number of carbonyl (C=O) groups excluding carboxylic acids is 2. The molecule has 116 valence electrons. The summed E-state index contributed by atoms with van der Waals surface area (Å²) in [6.07, 6.45) is 4.71. The first-order valence-electron chi connectivity index (χ1n) is 7.29. The fraction of sp³-hybridized carbons (Fsp3) is 0.857. The molecule has 1 aliphatic heterocycles. The van der Waals surface area contributed by atoms with Crippen molar-refractivity contribution >= 4 is 22.6 Å². The van der Waals surface area contributed by atoms with Crippen LogP contribution in [-0.2, 0) is 20.4 Å². The van der Waals surface area contributed by atoms with Gasteiger partial charge in [0.05, 0.1) is 0 Å². The molecule has 0 radical (unpaired) electrons. The van der Waals surface area contributed by atoms with Crippen molar-refractivity contribution in [3.8, 4) is 0 Å². The summed E-state index contributed by atoms with van der Waals surface area (Å²) in [5.41, 5.74) is 0. The van der Waals surface area contributed by atoms with Crippen LogP contribution in [0.25, 0.3) is 0 Å². The Hall–Kier alpha value is -0.910. The molecule has 0 spiro atoms. The number of rotatable bonds is 7. The van der Waals surface area contributed by atoms with E-state index in [1.807, 2.05) is 0 Å². The van der Waals surface area contributed by atoms with Crippen molar-refractivity contribution in [3.63, 3.8) is 0 Å². The van der Waals surface area contributed by atoms with Gasteiger partial charge in [-0.3, -0.25) is 13.8 Å². The highest BCUT2D eigenvalue weighted by molar-refractivity contribution is 7.84. The van der Waals surface area contributed by atoms with E-state index < -0.39 is 10.8 Å². The van der Waals surface area contributed by atoms with Crippen LogP contribution in [-0.4, -0.2) is 52.1 Å². The van der Waals surface area contributed by atoms with E-state index in [2.05, 4.69) is 19.2 Å². The van der Waals surface area contributed by atoms with Gasteiger partial charge in [0.2, 0.25) is 11.8 Å². The van der Waals surface area contributed by atoms with Crippen LogP contribution >= 0.6 is 0 Å². The van der Waals surface area contributed by atoms with E-state index in [1.54, 1.807) is 11.2 Å². The molecule has 0 unspecified atom stereocenters. The Morgan fingerprint density at radius 1 is 1.40 bits per heavy atom. The van der Waals surface area contributed by atoms with Crippen LogP contribution < -0.4 is 5.32 Å². The minimum absolute atomic E-state index is 0.0797. The molecule has 1 saturated heterocycles. The van der Waals surface area contributed by atoms with E-state index in [0.717, 1.165) is 12.8 Å². The third kappa shape index (κ3) is 5.61. The number of amides is 2. The largest absolute Gasteiger partial charge is 0.353 e. The summed E-state index contributed by atoms with van der Waals surface area (Å²) in [6, 6.07) is -0.381. The van der Waals surface area contributed by atoms with Crippen molar-refractivity contribution in [1.82, 2.24) is 10.2 Å². The summed E-state index contributed by atoms with van der Waals surface area (Å²) in [5.74, 6) is 0.768. The monoisotopic (exact) mass is 302 g/mol. The second-order valence-electron chi connectivity index (χ2n) is 5.76. The van der Waals surface area contributed by atoms with Crippen molar-refractivity contribution in [2.45, 2.75) is 45.6 Å². The molecule has 1 N–H and O–H groups in total. The number of hydrogen-bond donors (Lipinski definition) is 1. The zero-order valence-corrected chi connectivity index (χ0v) is 13.5. The van der Waals surface area contributed by atoms with Gasteiger partial charge in [-0.05, 0) is 25.2 Å². The van der Waals surface area contributed by atoms with Gasteiger partial charge in [0.15, 0.2) is 0 Å². The molecule has 0 bridgehead atoms. The van der Waals surface area contributed by atoms with E-state index in [1.165, 1.54) is 0 Å². The summed E-state index contributed by atoms with van der Waals surface area (Å²) >= 11 is 0. The lowest BCUT2D eigenvalue weighted by atomic mass is 9.98. The molecule has 0 aromatic heterocycles. The Balaban J connectivity index is 2.64. The van der Waals surface area contributed by atoms with Gasteiger partial charge < -0.3 is 10.2 Å². The zero-order chi connectivity index (χ0) is 15.1. The fourth-order valence-electron chi connectivity index (χ4n) is 2.41. The van der Waals surface area contributed by atoms with E-state index in [4.69, 9.17) is 0 Å². The maximum absolute atomic E-state index is 12.3. The highest BCUT2D eigenvalue weighted by atomic mass is 32.2. The molecule has 5 nitrogen and oxygen atoms in total. The van der Waals surface area contributed by atoms with Crippen molar-refractivity contribution < 1.29 is 13.8 Å². The Labute approximate surface area is 123 Å². The molecule has 1 fully saturated rings. The van der Waals surface area contributed by atoms with Gasteiger partial charge in [-0.15, -0.1) is 0 Å². The first kappa shape index (κ1) is 17.1. The average Bonchev–Trinajstić information content (AvgIpc) is 2.36. The molecule has 6 heteroatoms. The SMILES string of the molecule is CC(C)C[C@H](C(=O)NCC[S@@](C)=O)N1CCCCC1=O. The molecule has 0 aromatic carbocycles. The summed E-state index contributed by atoms with van der Waals surface area (Å²) in [6.45, 7) is 5.17. The quantitative estimate of drug-likeness (QED) is 0.760. The summed E-state index contributed by atoms with van der Waals surface area (Å²) in [7, 11) is -0.913. The second-order valence-corrected chi connectivity index (χ2v) is 7.31. The number of nitrogens with zero attached hydrogens (tertiary/aromatic N) is 1. The molecule has 1 rings (SSSR count). The van der Waals surface area contributed by atoms with Gasteiger partial charge in [0, 0.05) is 42.3 Å². The number of piperidine rings is 1. The Morgan fingerprint density at radius 3 is 2.65 bits per heavy atom. The minimum Gasteiger partial charge on any atom is -0.353 e. The lowest BCUT2D eigenvalue weighted by Gasteiger charge is -2.34. The molecule has 0 aromatic rings. The third-order valence-electron chi connectivity index (χ3n) is 3.42. The standard InChI is InChI=1S/C14H26N2O3S/c1-11(2)10-12(14(18)15-7-9-20(3)19)16-8-5-4-6-13(16)17/h11-12H,4-10H2,1-3H3,(H,15,18)/t12-,20-/m1/s1. The molecule has 2 amide bonds. The van der Waals surface area contributed by atoms with Gasteiger partial charge in [0.25, 0.3) is 0 Å². The van der Waals surface area contributed by atoms with E-state index in [-0.39, 0.29) is 17.9 Å². The van der Waals surface area contributed by atoms with Crippen molar-refractivity contribution in [2.75, 3.05) is 25.1 Å². The predicted octanol–water partition coefficient (Wildman–Crippen LogP) is 0.908. The molecule has 20 heavy (non-hydrogen) atoms. The van der Waals surface area contributed by atoms with Gasteiger partial charge in [-0.1, -0.05) is 13.8 Å². The van der Waals surface area contributed by atoms with E-state index in [0.29, 0.717) is 37.6 Å². The van der Waals surface area contributed by atoms with Crippen LogP contribution in [0.1, 0.15) is 39.5 Å². The average molecular weight is 302 g/mol. The van der Waals surface area contributed by atoms with Crippen LogP contribution in [0.15, 0.2) is 0 Å². The van der Waals surface area contributed by atoms with Crippen LogP contribution in [0.3, 0.4) is 0 Å². The van der Waals surface area contributed by atoms with Crippen molar-refractivity contribution in [3.05, 3.63) is 0 Å². The molecule has 2 atom stereocenters. The van der Waals surface area contributed by atoms with Crippen molar-refractivity contribution in [1.29, 1.82) is 0 Å². The summed E-state index contributed by atoms with van der Waals surface area (Å²) in [4.78, 5) is 26.0. The highest BCUT2D eigenvalue weighted by Crippen LogP contribution is 2.19. The number of nitrogens with one attached hydrogen (secondary N) is 1. The van der Waals surface area contributed by atoms with Gasteiger partial charge in [0.1, 0.15) is 6.04 Å². The summed E-state index contributed by atoms with van der Waals surface area (Å²) in [5, 5.41) is 2.81. The molecule has 0 aliphatic carbocycles. The maximum atomic E-state index is 12.3. The Morgan fingerprint density at radius 2 is 2.10 bits per heavy atom. The predicted molar refractivity (Wildman–Crippen MR) is 80.8 cm³/mol. The minimum atomic E-state index is -0.913. The van der Waals surface area contributed by atoms with Crippen LogP contribution in [0.4, 0.5) is 0 Å². The molecule has 1 heterocycles. The first-order chi connectivity index (χ1) is 9.41. The number of hydrogen-bond acceptors (Lipinski definition) is 3. The second kappa shape index (κ2) is 8.39. The lowest BCUT2D eigenvalue weighted by Crippen LogP contribution is -2.52. The number of carbonyl (C=O) groups is 2. The first-order valence-corrected chi connectivity index (χ1v) is 9.01. The van der Waals surface area contributed by atoms with E-state index >= 15 is 0 Å². The molecular formula is C14H26N2O3S. The highest BCUT2D eigenvalue weighted by Gasteiger charge is 2.31. The maximum Gasteiger partial charge on any atom is 0.242 e. The lowest BCUT2D eigenvalue weighted by molar-refractivity contribution is -0.143. The normalized spacial score (nSPS) is 19.0. The smallest absolute Gasteiger partial charge is 0.242 e. The third-order valence-corrected chi connectivity index (χ3v) is 4.20. The topological polar surface area (TPSA) is 66.5 Å². The zero-order valence-electron chi connectivity index (χ0n) is 12.7. The Bertz CT molecular complexity index is 371. The molecule has 0 saturated carbocycles. The molecular weight excluding hydrogens is 276 g/mol. The van der Waals surface area contributed by atoms with Crippen LogP contribution in [0, 0.1) is 5.92 Å². The van der Waals surface area contributed by atoms with Crippen LogP contribution in [0.2, 0.25) is 0 Å². The number of likely N-dealkylation sites (tertiary alicyclic amines) is 1. The van der Waals surface area contributed by atoms with Crippen LogP contribution in [0.5, 0.6) is 0 Å². The van der Waals surface area contributed by atoms with E-state index in [9.17, 15) is 13.8 Å². The fourth-order valence-corrected chi connectivity index (χ4v) is 2.80. The summed E-state index contributed by atoms with van der Waals surface area (Å²) < 4.78 is 11.0. The van der Waals surface area contributed by atoms with Gasteiger partial charge in [-0.2, -0.15) is 0 Å². The van der Waals surface area contributed by atoms with Gasteiger partial charge >= 0.3 is 0 Å². The Kier molecular flexibility index (Phi) is 7.19.